The highest BCUT2D eigenvalue weighted by atomic mass is 32.2. The summed E-state index contributed by atoms with van der Waals surface area (Å²) < 4.78 is 28.9. The smallest absolute Gasteiger partial charge is 0.250 e. The van der Waals surface area contributed by atoms with Gasteiger partial charge in [0.05, 0.1) is 11.6 Å². The molecule has 1 unspecified atom stereocenters. The van der Waals surface area contributed by atoms with Gasteiger partial charge in [-0.1, -0.05) is 42.8 Å². The first kappa shape index (κ1) is 27.1. The lowest BCUT2D eigenvalue weighted by Crippen LogP contribution is -2.57. The molecule has 2 aromatic rings. The molecule has 2 aliphatic rings. The van der Waals surface area contributed by atoms with E-state index in [1.807, 2.05) is 77.1 Å². The summed E-state index contributed by atoms with van der Waals surface area (Å²) in [6, 6.07) is 13.5. The van der Waals surface area contributed by atoms with Crippen LogP contribution in [-0.2, 0) is 19.6 Å². The van der Waals surface area contributed by atoms with Gasteiger partial charge in [-0.25, -0.2) is 8.42 Å². The Labute approximate surface area is 220 Å². The number of benzene rings is 2. The lowest BCUT2D eigenvalue weighted by molar-refractivity contribution is -0.137. The number of rotatable bonds is 7. The van der Waals surface area contributed by atoms with Gasteiger partial charge >= 0.3 is 0 Å². The van der Waals surface area contributed by atoms with E-state index in [2.05, 4.69) is 10.2 Å². The Balaban J connectivity index is 1.60. The highest BCUT2D eigenvalue weighted by Crippen LogP contribution is 2.40. The standard InChI is InChI=1S/C28H38N4O4S/c1-6-23(5)29-25(33)18-30-19-32(24-10-8-7-9-11-24)28(27(30)34)12-14-31(15-13-28)37(35,36)26-21(3)16-20(2)17-22(26)4/h7-11,16-17,23H,6,12-15,18-19H2,1-5H3,(H,29,33). The maximum atomic E-state index is 13.9. The molecule has 37 heavy (non-hydrogen) atoms. The number of piperidine rings is 1. The highest BCUT2D eigenvalue weighted by Gasteiger charge is 2.55. The van der Waals surface area contributed by atoms with Crippen LogP contribution in [0, 0.1) is 20.8 Å². The van der Waals surface area contributed by atoms with E-state index in [9.17, 15) is 18.0 Å². The van der Waals surface area contributed by atoms with E-state index in [4.69, 9.17) is 0 Å². The molecule has 0 bridgehead atoms. The van der Waals surface area contributed by atoms with Gasteiger partial charge in [0.2, 0.25) is 21.8 Å². The second-order valence-electron chi connectivity index (χ2n) is 10.4. The number of para-hydroxylation sites is 1. The summed E-state index contributed by atoms with van der Waals surface area (Å²) in [6.45, 7) is 10.3. The Kier molecular flexibility index (Phi) is 7.67. The van der Waals surface area contributed by atoms with Crippen molar-refractivity contribution in [3.05, 3.63) is 59.2 Å². The lowest BCUT2D eigenvalue weighted by Gasteiger charge is -2.43. The molecule has 200 valence electrons. The Morgan fingerprint density at radius 3 is 2.22 bits per heavy atom. The van der Waals surface area contributed by atoms with Gasteiger partial charge < -0.3 is 15.1 Å². The summed E-state index contributed by atoms with van der Waals surface area (Å²) >= 11 is 0. The number of carbonyl (C=O) groups excluding carboxylic acids is 2. The maximum absolute atomic E-state index is 13.9. The van der Waals surface area contributed by atoms with Crippen LogP contribution >= 0.6 is 0 Å². The molecular formula is C28H38N4O4S. The van der Waals surface area contributed by atoms with Crippen molar-refractivity contribution in [1.29, 1.82) is 0 Å². The summed E-state index contributed by atoms with van der Waals surface area (Å²) in [5.74, 6) is -0.298. The van der Waals surface area contributed by atoms with Crippen molar-refractivity contribution >= 4 is 27.5 Å². The average Bonchev–Trinajstić information content (AvgIpc) is 3.10. The third kappa shape index (κ3) is 5.11. The first-order valence-corrected chi connectivity index (χ1v) is 14.4. The van der Waals surface area contributed by atoms with Crippen LogP contribution in [0.15, 0.2) is 47.4 Å². The SMILES string of the molecule is CCC(C)NC(=O)CN1CN(c2ccccc2)C2(CCN(S(=O)(=O)c3c(C)cc(C)cc3C)CC2)C1=O. The molecule has 1 spiro atoms. The van der Waals surface area contributed by atoms with Crippen molar-refractivity contribution in [2.75, 3.05) is 31.2 Å². The molecule has 2 amide bonds. The highest BCUT2D eigenvalue weighted by molar-refractivity contribution is 7.89. The minimum Gasteiger partial charge on any atom is -0.352 e. The molecule has 2 fully saturated rings. The van der Waals surface area contributed by atoms with E-state index < -0.39 is 15.6 Å². The molecule has 2 saturated heterocycles. The topological polar surface area (TPSA) is 90.0 Å². The fraction of sp³-hybridized carbons (Fsp3) is 0.500. The normalized spacial score (nSPS) is 18.9. The largest absolute Gasteiger partial charge is 0.352 e. The van der Waals surface area contributed by atoms with Crippen LogP contribution in [0.4, 0.5) is 5.69 Å². The summed E-state index contributed by atoms with van der Waals surface area (Å²) in [6.07, 6.45) is 1.52. The summed E-state index contributed by atoms with van der Waals surface area (Å²) in [4.78, 5) is 30.5. The summed E-state index contributed by atoms with van der Waals surface area (Å²) in [5, 5.41) is 2.94. The quantitative estimate of drug-likeness (QED) is 0.598. The molecular weight excluding hydrogens is 488 g/mol. The number of nitrogens with zero attached hydrogens (tertiary/aromatic N) is 3. The van der Waals surface area contributed by atoms with Crippen molar-refractivity contribution in [2.24, 2.45) is 0 Å². The van der Waals surface area contributed by atoms with E-state index in [0.29, 0.717) is 24.4 Å². The predicted octanol–water partition coefficient (Wildman–Crippen LogP) is 3.36. The van der Waals surface area contributed by atoms with Gasteiger partial charge in [-0.3, -0.25) is 9.59 Å². The third-order valence-electron chi connectivity index (χ3n) is 7.69. The van der Waals surface area contributed by atoms with Gasteiger partial charge in [0.25, 0.3) is 0 Å². The number of aryl methyl sites for hydroxylation is 3. The fourth-order valence-corrected chi connectivity index (χ4v) is 7.57. The number of hydrogen-bond acceptors (Lipinski definition) is 5. The van der Waals surface area contributed by atoms with Gasteiger partial charge in [-0.15, -0.1) is 0 Å². The zero-order valence-electron chi connectivity index (χ0n) is 22.5. The first-order valence-electron chi connectivity index (χ1n) is 13.0. The van der Waals surface area contributed by atoms with Crippen molar-refractivity contribution < 1.29 is 18.0 Å². The number of sulfonamides is 1. The Morgan fingerprint density at radius 2 is 1.65 bits per heavy atom. The zero-order valence-corrected chi connectivity index (χ0v) is 23.3. The van der Waals surface area contributed by atoms with E-state index in [1.54, 1.807) is 4.90 Å². The minimum absolute atomic E-state index is 0.0158. The lowest BCUT2D eigenvalue weighted by atomic mass is 9.86. The molecule has 9 heteroatoms. The number of amides is 2. The van der Waals surface area contributed by atoms with Crippen LogP contribution in [0.1, 0.15) is 49.8 Å². The van der Waals surface area contributed by atoms with Gasteiger partial charge in [-0.05, 0) is 70.2 Å². The van der Waals surface area contributed by atoms with E-state index in [0.717, 1.165) is 28.8 Å². The molecule has 0 aromatic heterocycles. The van der Waals surface area contributed by atoms with Crippen LogP contribution in [-0.4, -0.2) is 67.3 Å². The third-order valence-corrected chi connectivity index (χ3v) is 9.89. The Bertz CT molecular complexity index is 1250. The van der Waals surface area contributed by atoms with Gasteiger partial charge in [0.1, 0.15) is 12.1 Å². The molecule has 1 N–H and O–H groups in total. The average molecular weight is 527 g/mol. The fourth-order valence-electron chi connectivity index (χ4n) is 5.72. The second kappa shape index (κ2) is 10.5. The molecule has 2 aromatic carbocycles. The molecule has 0 radical (unpaired) electrons. The summed E-state index contributed by atoms with van der Waals surface area (Å²) in [7, 11) is -3.71. The van der Waals surface area contributed by atoms with Crippen LogP contribution in [0.3, 0.4) is 0 Å². The second-order valence-corrected chi connectivity index (χ2v) is 12.3. The number of anilines is 1. The number of nitrogens with one attached hydrogen (secondary N) is 1. The van der Waals surface area contributed by atoms with Gasteiger partial charge in [0, 0.05) is 24.8 Å². The maximum Gasteiger partial charge on any atom is 0.250 e. The molecule has 8 nitrogen and oxygen atoms in total. The van der Waals surface area contributed by atoms with Crippen molar-refractivity contribution in [3.63, 3.8) is 0 Å². The van der Waals surface area contributed by atoms with Crippen LogP contribution in [0.5, 0.6) is 0 Å². The van der Waals surface area contributed by atoms with E-state index in [-0.39, 0.29) is 37.5 Å². The monoisotopic (exact) mass is 526 g/mol. The Hall–Kier alpha value is -2.91. The van der Waals surface area contributed by atoms with Crippen molar-refractivity contribution in [1.82, 2.24) is 14.5 Å². The molecule has 2 aliphatic heterocycles. The molecule has 1 atom stereocenters. The van der Waals surface area contributed by atoms with Crippen LogP contribution < -0.4 is 10.2 Å². The van der Waals surface area contributed by atoms with Gasteiger partial charge in [0.15, 0.2) is 0 Å². The number of hydrogen-bond donors (Lipinski definition) is 1. The predicted molar refractivity (Wildman–Crippen MR) is 145 cm³/mol. The molecule has 0 aliphatic carbocycles. The number of carbonyl (C=O) groups is 2. The van der Waals surface area contributed by atoms with Crippen molar-refractivity contribution in [3.8, 4) is 0 Å². The summed E-state index contributed by atoms with van der Waals surface area (Å²) in [5.41, 5.74) is 2.50. The van der Waals surface area contributed by atoms with E-state index >= 15 is 0 Å². The molecule has 0 saturated carbocycles. The first-order chi connectivity index (χ1) is 17.5. The van der Waals surface area contributed by atoms with Gasteiger partial charge in [-0.2, -0.15) is 4.31 Å². The van der Waals surface area contributed by atoms with E-state index in [1.165, 1.54) is 4.31 Å². The molecule has 2 heterocycles. The zero-order chi connectivity index (χ0) is 27.0. The molecule has 4 rings (SSSR count). The Morgan fingerprint density at radius 1 is 1.05 bits per heavy atom. The minimum atomic E-state index is -3.71. The van der Waals surface area contributed by atoms with Crippen LogP contribution in [0.2, 0.25) is 0 Å². The van der Waals surface area contributed by atoms with Crippen molar-refractivity contribution in [2.45, 2.75) is 70.4 Å². The van der Waals surface area contributed by atoms with Crippen LogP contribution in [0.25, 0.3) is 0 Å².